The minimum Gasteiger partial charge on any atom is -0.248 e. The summed E-state index contributed by atoms with van der Waals surface area (Å²) in [5.41, 5.74) is 1.83. The molecule has 3 N–H and O–H groups in total. The molecule has 0 saturated heterocycles. The maximum Gasteiger partial charge on any atom is 0.264 e. The van der Waals surface area contributed by atoms with E-state index in [1.165, 1.54) is 12.1 Å². The second-order valence-corrected chi connectivity index (χ2v) is 13.2. The first-order chi connectivity index (χ1) is 19.9. The van der Waals surface area contributed by atoms with Gasteiger partial charge in [0.15, 0.2) is 0 Å². The highest BCUT2D eigenvalue weighted by Crippen LogP contribution is 2.24. The van der Waals surface area contributed by atoms with Crippen molar-refractivity contribution in [1.29, 1.82) is 0 Å². The number of benzene rings is 3. The molecule has 0 atom stereocenters. The average molecular weight is 655 g/mol. The first-order valence-corrected chi connectivity index (χ1v) is 17.5. The molecule has 3 aromatic rings. The Kier molecular flexibility index (Phi) is 14.5. The number of primary sulfonamides is 1. The number of aliphatic imine (C=N–C) groups is 1. The molecule has 0 radical (unpaired) electrons. The molecule has 1 heterocycles. The molecule has 5 rings (SSSR count). The van der Waals surface area contributed by atoms with Crippen LogP contribution in [0, 0.1) is 0 Å². The summed E-state index contributed by atoms with van der Waals surface area (Å²) in [6, 6.07) is 25.6. The van der Waals surface area contributed by atoms with Crippen molar-refractivity contribution in [1.82, 2.24) is 9.73 Å². The van der Waals surface area contributed by atoms with Crippen LogP contribution in [0.5, 0.6) is 0 Å². The number of hydrogen-bond acceptors (Lipinski definition) is 6. The van der Waals surface area contributed by atoms with Crippen LogP contribution in [0.4, 0.5) is 0 Å². The Morgan fingerprint density at radius 2 is 1.33 bits per heavy atom. The zero-order chi connectivity index (χ0) is 31.2. The Hall–Kier alpha value is -2.96. The maximum absolute atomic E-state index is 12.9. The lowest BCUT2D eigenvalue weighted by Gasteiger charge is -2.25. The Balaban J connectivity index is 0.000000396. The lowest BCUT2D eigenvalue weighted by atomic mass is 9.94. The van der Waals surface area contributed by atoms with Crippen LogP contribution in [0.15, 0.2) is 99.9 Å². The highest BCUT2D eigenvalue weighted by Gasteiger charge is 2.27. The Morgan fingerprint density at radius 1 is 0.881 bits per heavy atom. The van der Waals surface area contributed by atoms with Crippen molar-refractivity contribution < 1.29 is 16.8 Å². The summed E-state index contributed by atoms with van der Waals surface area (Å²) in [7, 11) is -6.97. The van der Waals surface area contributed by atoms with Gasteiger partial charge in [-0.25, -0.2) is 36.7 Å². The smallest absolute Gasteiger partial charge is 0.248 e. The fourth-order valence-corrected chi connectivity index (χ4v) is 4.73. The van der Waals surface area contributed by atoms with E-state index in [2.05, 4.69) is 20.0 Å². The van der Waals surface area contributed by atoms with Crippen molar-refractivity contribution in [3.63, 3.8) is 0 Å². The van der Waals surface area contributed by atoms with Crippen molar-refractivity contribution in [3.8, 4) is 0 Å². The minimum atomic E-state index is -3.80. The summed E-state index contributed by atoms with van der Waals surface area (Å²) in [6.45, 7) is 4.55. The van der Waals surface area contributed by atoms with Gasteiger partial charge in [-0.2, -0.15) is 5.10 Å². The lowest BCUT2D eigenvalue weighted by Crippen LogP contribution is -2.42. The van der Waals surface area contributed by atoms with Crippen molar-refractivity contribution in [3.05, 3.63) is 101 Å². The summed E-state index contributed by atoms with van der Waals surface area (Å²) in [6.07, 6.45) is 4.63. The van der Waals surface area contributed by atoms with Gasteiger partial charge in [-0.05, 0) is 61.2 Å². The van der Waals surface area contributed by atoms with Crippen LogP contribution in [0.3, 0.4) is 0 Å². The molecule has 0 spiro atoms. The Bertz CT molecular complexity index is 1480. The summed E-state index contributed by atoms with van der Waals surface area (Å²) in [5, 5.41) is 11.7. The van der Waals surface area contributed by atoms with Crippen LogP contribution in [-0.2, 0) is 20.0 Å². The molecule has 0 bridgehead atoms. The van der Waals surface area contributed by atoms with Gasteiger partial charge < -0.3 is 0 Å². The van der Waals surface area contributed by atoms with E-state index in [0.29, 0.717) is 23.0 Å². The summed E-state index contributed by atoms with van der Waals surface area (Å²) >= 11 is 11.8. The molecule has 228 valence electrons. The van der Waals surface area contributed by atoms with E-state index < -0.39 is 20.0 Å². The number of halogens is 2. The topological polar surface area (TPSA) is 134 Å². The number of nitrogens with two attached hydrogens (primary N) is 1. The van der Waals surface area contributed by atoms with Crippen LogP contribution in [0.2, 0.25) is 10.0 Å². The third kappa shape index (κ3) is 12.9. The van der Waals surface area contributed by atoms with E-state index in [1.807, 2.05) is 74.5 Å². The van der Waals surface area contributed by atoms with E-state index in [1.54, 1.807) is 17.1 Å². The molecule has 2 aliphatic rings. The third-order valence-corrected chi connectivity index (χ3v) is 7.47. The van der Waals surface area contributed by atoms with Crippen molar-refractivity contribution in [2.45, 2.75) is 50.5 Å². The van der Waals surface area contributed by atoms with Crippen molar-refractivity contribution in [2.24, 2.45) is 15.2 Å². The number of rotatable bonds is 4. The molecule has 3 aromatic carbocycles. The van der Waals surface area contributed by atoms with Gasteiger partial charge in [0.2, 0.25) is 16.0 Å². The first kappa shape index (κ1) is 35.2. The minimum absolute atomic E-state index is 0.118. The van der Waals surface area contributed by atoms with Gasteiger partial charge >= 0.3 is 0 Å². The summed E-state index contributed by atoms with van der Waals surface area (Å²) in [4.78, 5) is 4.76. The molecular formula is C29H37Cl2N5O4S2. The van der Waals surface area contributed by atoms with Gasteiger partial charge in [-0.15, -0.1) is 0 Å². The molecule has 1 aliphatic carbocycles. The van der Waals surface area contributed by atoms with E-state index in [4.69, 9.17) is 23.2 Å². The van der Waals surface area contributed by atoms with E-state index in [9.17, 15) is 16.8 Å². The highest BCUT2D eigenvalue weighted by molar-refractivity contribution is 7.90. The van der Waals surface area contributed by atoms with Crippen LogP contribution in [0.1, 0.15) is 45.1 Å². The van der Waals surface area contributed by atoms with Crippen LogP contribution in [0.25, 0.3) is 0 Å². The van der Waals surface area contributed by atoms with Gasteiger partial charge in [0.1, 0.15) is 0 Å². The van der Waals surface area contributed by atoms with E-state index in [0.717, 1.165) is 36.8 Å². The predicted octanol–water partition coefficient (Wildman–Crippen LogP) is 5.91. The lowest BCUT2D eigenvalue weighted by molar-refractivity contribution is 0.402. The van der Waals surface area contributed by atoms with Gasteiger partial charge in [-0.1, -0.05) is 85.6 Å². The number of hydrogen-bond donors (Lipinski definition) is 2. The fourth-order valence-electron chi connectivity index (χ4n) is 3.47. The third-order valence-electron chi connectivity index (χ3n) is 5.62. The van der Waals surface area contributed by atoms with Crippen LogP contribution < -0.4 is 9.86 Å². The quantitative estimate of drug-likeness (QED) is 0.267. The monoisotopic (exact) mass is 653 g/mol. The first-order valence-electron chi connectivity index (χ1n) is 13.4. The average Bonchev–Trinajstić information content (AvgIpc) is 3.43. The molecule has 0 aromatic heterocycles. The van der Waals surface area contributed by atoms with E-state index in [-0.39, 0.29) is 16.9 Å². The molecule has 42 heavy (non-hydrogen) atoms. The number of guanidine groups is 1. The molecule has 0 unspecified atom stereocenters. The normalized spacial score (nSPS) is 15.0. The highest BCUT2D eigenvalue weighted by atomic mass is 35.5. The van der Waals surface area contributed by atoms with Crippen molar-refractivity contribution >= 4 is 54.9 Å². The SMILES string of the molecule is CC.CS(N)(=O)=O.O=S(=O)(NC(=NC1CCC1)N1CCC(c2ccc(Cl)cc2)=N1)c1ccc(Cl)cc1.c1ccccc1. The van der Waals surface area contributed by atoms with Gasteiger partial charge in [0.05, 0.1) is 29.4 Å². The predicted molar refractivity (Wildman–Crippen MR) is 173 cm³/mol. The van der Waals surface area contributed by atoms with Gasteiger partial charge in [0, 0.05) is 16.5 Å². The zero-order valence-electron chi connectivity index (χ0n) is 23.8. The largest absolute Gasteiger partial charge is 0.264 e. The van der Waals surface area contributed by atoms with Gasteiger partial charge in [0.25, 0.3) is 10.0 Å². The maximum atomic E-state index is 12.9. The second-order valence-electron chi connectivity index (χ2n) is 9.01. The number of nitrogens with zero attached hydrogens (tertiary/aromatic N) is 3. The second kappa shape index (κ2) is 17.2. The van der Waals surface area contributed by atoms with E-state index >= 15 is 0 Å². The van der Waals surface area contributed by atoms with Gasteiger partial charge in [-0.3, -0.25) is 0 Å². The fraction of sp³-hybridized carbons (Fsp3) is 0.310. The molecule has 1 fully saturated rings. The molecule has 9 nitrogen and oxygen atoms in total. The summed E-state index contributed by atoms with van der Waals surface area (Å²) < 4.78 is 47.2. The number of sulfonamides is 2. The van der Waals surface area contributed by atoms with Crippen molar-refractivity contribution in [2.75, 3.05) is 12.8 Å². The Morgan fingerprint density at radius 3 is 1.76 bits per heavy atom. The molecule has 1 aliphatic heterocycles. The van der Waals surface area contributed by atoms with Crippen LogP contribution >= 0.6 is 23.2 Å². The van der Waals surface area contributed by atoms with Crippen LogP contribution in [-0.4, -0.2) is 52.4 Å². The Labute approximate surface area is 259 Å². The molecule has 13 heteroatoms. The molecular weight excluding hydrogens is 617 g/mol. The standard InChI is InChI=1S/C20H20Cl2N4O2S.C6H6.C2H6.CH5NO2S/c21-15-6-4-14(5-7-15)19-12-13-26(24-19)20(23-17-2-1-3-17)25-29(27,28)18-10-8-16(22)9-11-18;1-2-4-6-5-3-1;1-2;1-5(2,3)4/h4-11,17H,1-3,12-13H2,(H,23,25);1-6H;1-2H3;1H3,(H2,2,3,4). The molecule has 1 saturated carbocycles. The molecule has 0 amide bonds. The number of hydrazone groups is 1. The zero-order valence-corrected chi connectivity index (χ0v) is 27.0. The summed E-state index contributed by atoms with van der Waals surface area (Å²) in [5.74, 6) is 0.258. The number of nitrogens with one attached hydrogen (secondary N) is 1.